The number of thiophene rings is 1. The Hall–Kier alpha value is -1.70. The van der Waals surface area contributed by atoms with Crippen molar-refractivity contribution in [3.8, 4) is 11.5 Å². The van der Waals surface area contributed by atoms with Crippen LogP contribution in [-0.2, 0) is 25.6 Å². The Labute approximate surface area is 169 Å². The van der Waals surface area contributed by atoms with Crippen LogP contribution in [0.4, 0.5) is 0 Å². The van der Waals surface area contributed by atoms with Crippen LogP contribution in [0.1, 0.15) is 22.4 Å². The van der Waals surface area contributed by atoms with Gasteiger partial charge in [0, 0.05) is 17.7 Å². The van der Waals surface area contributed by atoms with Crippen molar-refractivity contribution in [3.63, 3.8) is 0 Å². The molecule has 0 amide bonds. The largest absolute Gasteiger partial charge is 0.486 e. The molecule has 1 aromatic carbocycles. The summed E-state index contributed by atoms with van der Waals surface area (Å²) in [6.07, 6.45) is 3.20. The number of benzene rings is 1. The van der Waals surface area contributed by atoms with Gasteiger partial charge in [-0.3, -0.25) is 9.36 Å². The summed E-state index contributed by atoms with van der Waals surface area (Å²) in [4.78, 5) is 19.9. The third-order valence-corrected chi connectivity index (χ3v) is 7.50. The van der Waals surface area contributed by atoms with E-state index in [1.807, 2.05) is 12.1 Å². The van der Waals surface area contributed by atoms with Gasteiger partial charge in [0.2, 0.25) is 0 Å². The minimum atomic E-state index is 0.0575. The van der Waals surface area contributed by atoms with Gasteiger partial charge in [0.15, 0.2) is 16.7 Å². The Balaban J connectivity index is 1.46. The molecule has 0 spiro atoms. The van der Waals surface area contributed by atoms with E-state index in [9.17, 15) is 4.79 Å². The minimum Gasteiger partial charge on any atom is -0.486 e. The molecule has 0 fully saturated rings. The molecule has 3 aromatic rings. The van der Waals surface area contributed by atoms with Gasteiger partial charge >= 0.3 is 0 Å². The van der Waals surface area contributed by atoms with Gasteiger partial charge in [-0.2, -0.15) is 0 Å². The van der Waals surface area contributed by atoms with Crippen molar-refractivity contribution in [2.24, 2.45) is 7.05 Å². The summed E-state index contributed by atoms with van der Waals surface area (Å²) in [5, 5.41) is 2.09. The van der Waals surface area contributed by atoms with Gasteiger partial charge in [-0.15, -0.1) is 11.3 Å². The summed E-state index contributed by atoms with van der Waals surface area (Å²) in [6, 6.07) is 3.84. The van der Waals surface area contributed by atoms with Crippen LogP contribution in [0, 0.1) is 0 Å². The second-order valence-corrected chi connectivity index (χ2v) is 9.12. The van der Waals surface area contributed by atoms with E-state index >= 15 is 0 Å². The number of halogens is 1. The molecule has 27 heavy (non-hydrogen) atoms. The van der Waals surface area contributed by atoms with Gasteiger partial charge in [-0.05, 0) is 42.5 Å². The fourth-order valence-corrected chi connectivity index (χ4v) is 6.12. The van der Waals surface area contributed by atoms with E-state index in [0.29, 0.717) is 35.5 Å². The fourth-order valence-electron chi connectivity index (χ4n) is 3.63. The molecule has 0 saturated heterocycles. The molecule has 0 radical (unpaired) electrons. The normalized spacial score (nSPS) is 15.3. The summed E-state index contributed by atoms with van der Waals surface area (Å²) in [5.41, 5.74) is 2.29. The molecule has 5 rings (SSSR count). The monoisotopic (exact) mass is 420 g/mol. The summed E-state index contributed by atoms with van der Waals surface area (Å²) < 4.78 is 12.9. The van der Waals surface area contributed by atoms with Gasteiger partial charge in [0.05, 0.1) is 10.4 Å². The molecule has 3 heterocycles. The molecule has 0 atom stereocenters. The first-order chi connectivity index (χ1) is 13.1. The maximum Gasteiger partial charge on any atom is 0.262 e. The molecular weight excluding hydrogens is 404 g/mol. The van der Waals surface area contributed by atoms with E-state index in [0.717, 1.165) is 40.2 Å². The lowest BCUT2D eigenvalue weighted by atomic mass is 10.2. The van der Waals surface area contributed by atoms with Gasteiger partial charge in [0.25, 0.3) is 5.56 Å². The zero-order valence-corrected chi connectivity index (χ0v) is 17.1. The highest BCUT2D eigenvalue weighted by molar-refractivity contribution is 7.98. The first-order valence-corrected chi connectivity index (χ1v) is 11.0. The van der Waals surface area contributed by atoms with E-state index in [-0.39, 0.29) is 5.56 Å². The van der Waals surface area contributed by atoms with Crippen molar-refractivity contribution >= 4 is 44.9 Å². The Kier molecular flexibility index (Phi) is 4.33. The van der Waals surface area contributed by atoms with E-state index in [2.05, 4.69) is 0 Å². The number of rotatable bonds is 3. The molecular formula is C19H17ClN2O3S2. The van der Waals surface area contributed by atoms with Crippen LogP contribution in [0.2, 0.25) is 5.02 Å². The van der Waals surface area contributed by atoms with Gasteiger partial charge in [0.1, 0.15) is 18.0 Å². The molecule has 1 aliphatic carbocycles. The standard InChI is InChI=1S/C19H17ClN2O3S2/c1-22-18(23)15-11-3-2-4-14(11)27-17(15)21-19(22)26-9-10-7-12(20)16-13(8-10)24-5-6-25-16/h7-8H,2-6,9H2,1H3. The highest BCUT2D eigenvalue weighted by atomic mass is 35.5. The molecule has 8 heteroatoms. The van der Waals surface area contributed by atoms with Crippen LogP contribution in [0.5, 0.6) is 11.5 Å². The quantitative estimate of drug-likeness (QED) is 0.469. The van der Waals surface area contributed by atoms with Crippen LogP contribution in [-0.4, -0.2) is 22.8 Å². The van der Waals surface area contributed by atoms with Gasteiger partial charge in [-0.25, -0.2) is 4.98 Å². The second-order valence-electron chi connectivity index (χ2n) is 6.69. The fraction of sp³-hybridized carbons (Fsp3) is 0.368. The Morgan fingerprint density at radius 3 is 3.04 bits per heavy atom. The predicted molar refractivity (Wildman–Crippen MR) is 109 cm³/mol. The van der Waals surface area contributed by atoms with Crippen molar-refractivity contribution in [1.82, 2.24) is 9.55 Å². The van der Waals surface area contributed by atoms with Crippen molar-refractivity contribution in [1.29, 1.82) is 0 Å². The lowest BCUT2D eigenvalue weighted by Crippen LogP contribution is -2.20. The number of hydrogen-bond donors (Lipinski definition) is 0. The molecule has 0 bridgehead atoms. The number of aromatic nitrogens is 2. The third kappa shape index (κ3) is 2.92. The topological polar surface area (TPSA) is 53.4 Å². The van der Waals surface area contributed by atoms with E-state index in [4.69, 9.17) is 26.1 Å². The van der Waals surface area contributed by atoms with E-state index in [1.54, 1.807) is 23.0 Å². The Bertz CT molecular complexity index is 1120. The molecule has 0 N–H and O–H groups in total. The zero-order chi connectivity index (χ0) is 18.5. The highest BCUT2D eigenvalue weighted by Gasteiger charge is 2.23. The molecule has 0 saturated carbocycles. The SMILES string of the molecule is Cn1c(SCc2cc(Cl)c3c(c2)OCCO3)nc2sc3c(c2c1=O)CCC3. The Morgan fingerprint density at radius 2 is 2.15 bits per heavy atom. The summed E-state index contributed by atoms with van der Waals surface area (Å²) in [7, 11) is 1.80. The molecule has 5 nitrogen and oxygen atoms in total. The summed E-state index contributed by atoms with van der Waals surface area (Å²) in [5.74, 6) is 1.93. The van der Waals surface area contributed by atoms with Gasteiger partial charge < -0.3 is 9.47 Å². The van der Waals surface area contributed by atoms with Crippen molar-refractivity contribution in [2.75, 3.05) is 13.2 Å². The number of aryl methyl sites for hydroxylation is 2. The average Bonchev–Trinajstić information content (AvgIpc) is 3.24. The number of nitrogens with zero attached hydrogens (tertiary/aromatic N) is 2. The third-order valence-electron chi connectivity index (χ3n) is 4.93. The summed E-state index contributed by atoms with van der Waals surface area (Å²) >= 11 is 9.53. The number of thioether (sulfide) groups is 1. The maximum absolute atomic E-state index is 12.9. The smallest absolute Gasteiger partial charge is 0.262 e. The number of fused-ring (bicyclic) bond motifs is 4. The highest BCUT2D eigenvalue weighted by Crippen LogP contribution is 2.40. The number of hydrogen-bond acceptors (Lipinski definition) is 6. The molecule has 0 unspecified atom stereocenters. The van der Waals surface area contributed by atoms with Crippen LogP contribution < -0.4 is 15.0 Å². The minimum absolute atomic E-state index is 0.0575. The number of ether oxygens (including phenoxy) is 2. The van der Waals surface area contributed by atoms with Crippen molar-refractivity contribution in [3.05, 3.63) is 43.5 Å². The molecule has 140 valence electrons. The van der Waals surface area contributed by atoms with Crippen molar-refractivity contribution < 1.29 is 9.47 Å². The second kappa shape index (κ2) is 6.72. The van der Waals surface area contributed by atoms with Crippen molar-refractivity contribution in [2.45, 2.75) is 30.2 Å². The lowest BCUT2D eigenvalue weighted by Gasteiger charge is -2.20. The molecule has 1 aliphatic heterocycles. The van der Waals surface area contributed by atoms with Crippen LogP contribution in [0.3, 0.4) is 0 Å². The zero-order valence-electron chi connectivity index (χ0n) is 14.7. The average molecular weight is 421 g/mol. The van der Waals surface area contributed by atoms with Gasteiger partial charge in [-0.1, -0.05) is 23.4 Å². The summed E-state index contributed by atoms with van der Waals surface area (Å²) in [6.45, 7) is 1.04. The van der Waals surface area contributed by atoms with E-state index in [1.165, 1.54) is 22.2 Å². The Morgan fingerprint density at radius 1 is 1.30 bits per heavy atom. The first kappa shape index (κ1) is 17.4. The van der Waals surface area contributed by atoms with Crippen LogP contribution in [0.25, 0.3) is 10.2 Å². The van der Waals surface area contributed by atoms with Crippen LogP contribution >= 0.6 is 34.7 Å². The first-order valence-electron chi connectivity index (χ1n) is 8.84. The predicted octanol–water partition coefficient (Wildman–Crippen LogP) is 4.20. The van der Waals surface area contributed by atoms with E-state index < -0.39 is 0 Å². The molecule has 2 aliphatic rings. The molecule has 2 aromatic heterocycles. The maximum atomic E-state index is 12.9. The van der Waals surface area contributed by atoms with Crippen LogP contribution in [0.15, 0.2) is 22.1 Å². The lowest BCUT2D eigenvalue weighted by molar-refractivity contribution is 0.171.